The van der Waals surface area contributed by atoms with Crippen molar-refractivity contribution in [3.63, 3.8) is 0 Å². The molecule has 0 aliphatic carbocycles. The molecule has 0 rings (SSSR count). The van der Waals surface area contributed by atoms with Crippen molar-refractivity contribution in [2.24, 2.45) is 0 Å². The van der Waals surface area contributed by atoms with Crippen molar-refractivity contribution in [3.05, 3.63) is 24.3 Å². The summed E-state index contributed by atoms with van der Waals surface area (Å²) in [5.41, 5.74) is 0. The maximum Gasteiger partial charge on any atom is 0.307 e. The Morgan fingerprint density at radius 3 is 1.58 bits per heavy atom. The number of carboxylic acid groups (broad SMARTS) is 1. The zero-order valence-electron chi connectivity index (χ0n) is 25.6. The highest BCUT2D eigenvalue weighted by atomic mass is 16.5. The van der Waals surface area contributed by atoms with Gasteiger partial charge in [-0.1, -0.05) is 115 Å². The molecule has 1 N–H and O–H groups in total. The number of carbonyl (C=O) groups excluding carboxylic acids is 1. The lowest BCUT2D eigenvalue weighted by Gasteiger charge is -2.28. The number of likely N-dealkylation sites (N-methyl/N-ethyl adjacent to an activating group) is 1. The van der Waals surface area contributed by atoms with Gasteiger partial charge < -0.3 is 14.3 Å². The van der Waals surface area contributed by atoms with Gasteiger partial charge in [-0.15, -0.1) is 0 Å². The van der Waals surface area contributed by atoms with Crippen LogP contribution in [0.15, 0.2) is 24.3 Å². The highest BCUT2D eigenvalue weighted by Gasteiger charge is 2.24. The minimum Gasteiger partial charge on any atom is -0.481 e. The van der Waals surface area contributed by atoms with E-state index in [9.17, 15) is 9.59 Å². The molecule has 1 atom stereocenters. The Bertz CT molecular complexity index is 621. The van der Waals surface area contributed by atoms with E-state index in [0.717, 1.165) is 25.7 Å². The summed E-state index contributed by atoms with van der Waals surface area (Å²) in [7, 11) is 5.91. The fraction of sp³-hybridized carbons (Fsp3) is 0.818. The number of quaternary nitrogens is 1. The summed E-state index contributed by atoms with van der Waals surface area (Å²) in [6.07, 6.45) is 33.0. The molecule has 0 bridgehead atoms. The molecule has 0 amide bonds. The molecule has 0 saturated heterocycles. The molecule has 0 aromatic carbocycles. The van der Waals surface area contributed by atoms with Gasteiger partial charge in [0.15, 0.2) is 6.10 Å². The number of hydrogen-bond donors (Lipinski definition) is 1. The number of aliphatic carboxylic acids is 1. The van der Waals surface area contributed by atoms with Crippen LogP contribution in [0.4, 0.5) is 0 Å². The van der Waals surface area contributed by atoms with Gasteiger partial charge in [0.2, 0.25) is 0 Å². The molecule has 0 aromatic heterocycles. The molecule has 0 saturated carbocycles. The van der Waals surface area contributed by atoms with Gasteiger partial charge in [0.25, 0.3) is 0 Å². The molecule has 38 heavy (non-hydrogen) atoms. The second-order valence-electron chi connectivity index (χ2n) is 12.0. The van der Waals surface area contributed by atoms with Crippen molar-refractivity contribution < 1.29 is 23.9 Å². The topological polar surface area (TPSA) is 63.6 Å². The van der Waals surface area contributed by atoms with E-state index in [0.29, 0.717) is 17.4 Å². The smallest absolute Gasteiger partial charge is 0.307 e. The number of hydrogen-bond acceptors (Lipinski definition) is 3. The highest BCUT2D eigenvalue weighted by Crippen LogP contribution is 2.13. The molecule has 5 heteroatoms. The molecule has 0 aromatic rings. The third kappa shape index (κ3) is 28.9. The first-order chi connectivity index (χ1) is 18.2. The van der Waals surface area contributed by atoms with E-state index in [-0.39, 0.29) is 12.4 Å². The minimum absolute atomic E-state index is 0.132. The van der Waals surface area contributed by atoms with Crippen molar-refractivity contribution in [1.82, 2.24) is 0 Å². The molecule has 0 fully saturated rings. The Morgan fingerprint density at radius 1 is 0.684 bits per heavy atom. The first-order valence-electron chi connectivity index (χ1n) is 15.8. The average Bonchev–Trinajstić information content (AvgIpc) is 2.83. The fourth-order valence-electron chi connectivity index (χ4n) is 4.69. The number of carboxylic acids is 1. The Hall–Kier alpha value is -1.62. The Labute approximate surface area is 235 Å². The lowest BCUT2D eigenvalue weighted by Crippen LogP contribution is -2.43. The van der Waals surface area contributed by atoms with Crippen LogP contribution in [0.5, 0.6) is 0 Å². The quantitative estimate of drug-likeness (QED) is 0.0492. The van der Waals surface area contributed by atoms with Crippen molar-refractivity contribution in [2.75, 3.05) is 27.7 Å². The van der Waals surface area contributed by atoms with Gasteiger partial charge >= 0.3 is 11.9 Å². The van der Waals surface area contributed by atoms with E-state index in [1.54, 1.807) is 0 Å². The fourth-order valence-corrected chi connectivity index (χ4v) is 4.69. The number of carbonyl (C=O) groups is 2. The van der Waals surface area contributed by atoms with Crippen molar-refractivity contribution >= 4 is 11.9 Å². The normalized spacial score (nSPS) is 12.9. The summed E-state index contributed by atoms with van der Waals surface area (Å²) in [5, 5.41) is 9.06. The van der Waals surface area contributed by atoms with Gasteiger partial charge in [-0.2, -0.15) is 0 Å². The van der Waals surface area contributed by atoms with Crippen LogP contribution in [0.3, 0.4) is 0 Å². The van der Waals surface area contributed by atoms with Crippen LogP contribution < -0.4 is 0 Å². The number of esters is 1. The Morgan fingerprint density at radius 2 is 1.13 bits per heavy atom. The zero-order valence-corrected chi connectivity index (χ0v) is 25.6. The lowest BCUT2D eigenvalue weighted by atomic mass is 10.1. The van der Waals surface area contributed by atoms with Crippen molar-refractivity contribution in [2.45, 2.75) is 148 Å². The molecule has 222 valence electrons. The maximum absolute atomic E-state index is 12.1. The van der Waals surface area contributed by atoms with Crippen LogP contribution in [0, 0.1) is 0 Å². The lowest BCUT2D eigenvalue weighted by molar-refractivity contribution is -0.873. The third-order valence-electron chi connectivity index (χ3n) is 6.78. The predicted molar refractivity (Wildman–Crippen MR) is 161 cm³/mol. The van der Waals surface area contributed by atoms with Crippen molar-refractivity contribution in [1.29, 1.82) is 0 Å². The minimum atomic E-state index is -0.928. The summed E-state index contributed by atoms with van der Waals surface area (Å²) >= 11 is 0. The van der Waals surface area contributed by atoms with E-state index in [1.165, 1.54) is 96.3 Å². The summed E-state index contributed by atoms with van der Waals surface area (Å²) in [6, 6.07) is 0. The average molecular weight is 537 g/mol. The van der Waals surface area contributed by atoms with Gasteiger partial charge in [0, 0.05) is 6.42 Å². The molecule has 0 spiro atoms. The highest BCUT2D eigenvalue weighted by molar-refractivity contribution is 5.71. The SMILES string of the molecule is CCCCCCCCCCC/C=C/C/C=C/CCCCCCCCCC(=O)OC(CC(=O)O)C[N+](C)(C)C. The molecule has 0 radical (unpaired) electrons. The molecular weight excluding hydrogens is 474 g/mol. The summed E-state index contributed by atoms with van der Waals surface area (Å²) < 4.78 is 6.01. The van der Waals surface area contributed by atoms with Gasteiger partial charge in [-0.25, -0.2) is 0 Å². The number of allylic oxidation sites excluding steroid dienone is 4. The zero-order chi connectivity index (χ0) is 28.3. The van der Waals surface area contributed by atoms with E-state index in [2.05, 4.69) is 31.2 Å². The predicted octanol–water partition coefficient (Wildman–Crippen LogP) is 9.01. The van der Waals surface area contributed by atoms with E-state index >= 15 is 0 Å². The maximum atomic E-state index is 12.1. The Balaban J connectivity index is 3.52. The standard InChI is InChI=1S/C33H61NO4/c1-5-6-7-8-9-10-11-12-13-14-15-16-17-18-19-20-21-22-23-24-25-26-27-28-33(37)38-31(29-32(35)36)30-34(2,3)4/h15-16,18-19,31H,5-14,17,20-30H2,1-4H3/p+1/b16-15+,19-18+. The monoisotopic (exact) mass is 536 g/mol. The number of rotatable bonds is 27. The third-order valence-corrected chi connectivity index (χ3v) is 6.78. The number of unbranched alkanes of at least 4 members (excludes halogenated alkanes) is 16. The van der Waals surface area contributed by atoms with Gasteiger partial charge in [0.05, 0.1) is 27.6 Å². The molecule has 0 aliphatic rings. The van der Waals surface area contributed by atoms with E-state index < -0.39 is 12.1 Å². The molecule has 0 heterocycles. The first kappa shape index (κ1) is 36.4. The molecular formula is C33H62NO4+. The van der Waals surface area contributed by atoms with E-state index in [4.69, 9.17) is 9.84 Å². The van der Waals surface area contributed by atoms with Crippen LogP contribution in [0.25, 0.3) is 0 Å². The second-order valence-corrected chi connectivity index (χ2v) is 12.0. The molecule has 1 unspecified atom stereocenters. The van der Waals surface area contributed by atoms with Gasteiger partial charge in [-0.3, -0.25) is 9.59 Å². The molecule has 0 aliphatic heterocycles. The molecule has 5 nitrogen and oxygen atoms in total. The largest absolute Gasteiger partial charge is 0.481 e. The summed E-state index contributed by atoms with van der Waals surface area (Å²) in [4.78, 5) is 23.1. The van der Waals surface area contributed by atoms with E-state index in [1.807, 2.05) is 21.1 Å². The Kier molecular flexibility index (Phi) is 24.6. The van der Waals surface area contributed by atoms with Crippen LogP contribution in [0.2, 0.25) is 0 Å². The van der Waals surface area contributed by atoms with Crippen LogP contribution in [0.1, 0.15) is 142 Å². The second kappa shape index (κ2) is 25.6. The number of nitrogens with zero attached hydrogens (tertiary/aromatic N) is 1. The summed E-state index contributed by atoms with van der Waals surface area (Å²) in [5.74, 6) is -1.20. The van der Waals surface area contributed by atoms with Crippen molar-refractivity contribution in [3.8, 4) is 0 Å². The van der Waals surface area contributed by atoms with Crippen LogP contribution in [-0.4, -0.2) is 55.3 Å². The summed E-state index contributed by atoms with van der Waals surface area (Å²) in [6.45, 7) is 2.78. The van der Waals surface area contributed by atoms with Gasteiger partial charge in [-0.05, 0) is 38.5 Å². The first-order valence-corrected chi connectivity index (χ1v) is 15.8. The number of ether oxygens (including phenoxy) is 1. The van der Waals surface area contributed by atoms with Gasteiger partial charge in [0.1, 0.15) is 6.54 Å². The van der Waals surface area contributed by atoms with Crippen LogP contribution >= 0.6 is 0 Å². The van der Waals surface area contributed by atoms with Crippen LogP contribution in [-0.2, 0) is 14.3 Å².